The first kappa shape index (κ1) is 19.0. The molecule has 3 aromatic rings. The molecule has 1 aromatic heterocycles. The molecule has 0 aliphatic carbocycles. The minimum atomic E-state index is -0.764. The Bertz CT molecular complexity index is 1050. The van der Waals surface area contributed by atoms with Gasteiger partial charge >= 0.3 is 5.97 Å². The van der Waals surface area contributed by atoms with Crippen molar-refractivity contribution in [3.8, 4) is 11.1 Å². The lowest BCUT2D eigenvalue weighted by Gasteiger charge is -2.38. The summed E-state index contributed by atoms with van der Waals surface area (Å²) in [5, 5.41) is 11.5. The summed E-state index contributed by atoms with van der Waals surface area (Å²) in [6, 6.07) is 11.2. The molecule has 2 atom stereocenters. The van der Waals surface area contributed by atoms with Crippen LogP contribution in [0.1, 0.15) is 19.8 Å². The van der Waals surface area contributed by atoms with E-state index in [2.05, 4.69) is 14.9 Å². The van der Waals surface area contributed by atoms with Gasteiger partial charge in [0.05, 0.1) is 26.9 Å². The first-order chi connectivity index (χ1) is 13.5. The molecule has 5 nitrogen and oxygen atoms in total. The number of aliphatic carboxylic acids is 1. The molecule has 1 saturated heterocycles. The van der Waals surface area contributed by atoms with Gasteiger partial charge in [-0.2, -0.15) is 0 Å². The van der Waals surface area contributed by atoms with Gasteiger partial charge in [-0.3, -0.25) is 4.79 Å². The molecule has 4 rings (SSSR count). The number of rotatable bonds is 3. The van der Waals surface area contributed by atoms with Crippen molar-refractivity contribution in [2.45, 2.75) is 25.8 Å². The highest BCUT2D eigenvalue weighted by Gasteiger charge is 2.34. The van der Waals surface area contributed by atoms with Gasteiger partial charge in [0.25, 0.3) is 0 Å². The molecule has 7 heteroatoms. The van der Waals surface area contributed by atoms with E-state index in [9.17, 15) is 9.90 Å². The highest BCUT2D eigenvalue weighted by atomic mass is 35.5. The first-order valence-corrected chi connectivity index (χ1v) is 9.91. The second-order valence-electron chi connectivity index (χ2n) is 7.05. The number of piperidine rings is 1. The van der Waals surface area contributed by atoms with E-state index in [0.29, 0.717) is 16.5 Å². The average Bonchev–Trinajstić information content (AvgIpc) is 2.69. The summed E-state index contributed by atoms with van der Waals surface area (Å²) in [4.78, 5) is 22.8. The molecule has 144 valence electrons. The predicted molar refractivity (Wildman–Crippen MR) is 112 cm³/mol. The van der Waals surface area contributed by atoms with Crippen molar-refractivity contribution in [1.82, 2.24) is 9.97 Å². The van der Waals surface area contributed by atoms with Gasteiger partial charge in [0.2, 0.25) is 0 Å². The third-order valence-corrected chi connectivity index (χ3v) is 6.19. The van der Waals surface area contributed by atoms with Crippen molar-refractivity contribution < 1.29 is 9.90 Å². The lowest BCUT2D eigenvalue weighted by molar-refractivity contribution is -0.143. The number of nitrogens with zero attached hydrogens (tertiary/aromatic N) is 3. The summed E-state index contributed by atoms with van der Waals surface area (Å²) < 4.78 is 0. The Hall–Kier alpha value is -2.37. The van der Waals surface area contributed by atoms with E-state index in [1.54, 1.807) is 6.07 Å². The molecule has 0 bridgehead atoms. The van der Waals surface area contributed by atoms with Crippen molar-refractivity contribution >= 4 is 45.9 Å². The first-order valence-electron chi connectivity index (χ1n) is 9.16. The lowest BCUT2D eigenvalue weighted by atomic mass is 9.89. The number of hydrogen-bond acceptors (Lipinski definition) is 4. The van der Waals surface area contributed by atoms with Crippen LogP contribution < -0.4 is 4.90 Å². The molecular formula is C21H19Cl2N3O2. The highest BCUT2D eigenvalue weighted by molar-refractivity contribution is 6.42. The zero-order valence-corrected chi connectivity index (χ0v) is 16.8. The topological polar surface area (TPSA) is 66.3 Å². The van der Waals surface area contributed by atoms with Crippen molar-refractivity contribution in [3.05, 3.63) is 52.8 Å². The number of aromatic nitrogens is 2. The Balaban J connectivity index is 1.90. The molecule has 2 unspecified atom stereocenters. The summed E-state index contributed by atoms with van der Waals surface area (Å²) in [5.41, 5.74) is 2.66. The maximum Gasteiger partial charge on any atom is 0.308 e. The molecule has 0 saturated carbocycles. The zero-order valence-electron chi connectivity index (χ0n) is 15.3. The van der Waals surface area contributed by atoms with Gasteiger partial charge < -0.3 is 10.0 Å². The molecule has 0 amide bonds. The fourth-order valence-corrected chi connectivity index (χ4v) is 4.29. The van der Waals surface area contributed by atoms with Gasteiger partial charge in [-0.15, -0.1) is 0 Å². The van der Waals surface area contributed by atoms with Crippen LogP contribution in [0.3, 0.4) is 0 Å². The van der Waals surface area contributed by atoms with E-state index >= 15 is 0 Å². The molecule has 0 radical (unpaired) electrons. The van der Waals surface area contributed by atoms with Crippen LogP contribution in [0.5, 0.6) is 0 Å². The van der Waals surface area contributed by atoms with E-state index in [1.807, 2.05) is 37.3 Å². The number of halogens is 2. The fourth-order valence-electron chi connectivity index (χ4n) is 3.99. The third-order valence-electron chi connectivity index (χ3n) is 5.45. The Morgan fingerprint density at radius 1 is 1.18 bits per heavy atom. The van der Waals surface area contributed by atoms with E-state index in [0.717, 1.165) is 40.8 Å². The van der Waals surface area contributed by atoms with Crippen LogP contribution in [-0.4, -0.2) is 33.6 Å². The number of fused-ring (bicyclic) bond motifs is 1. The summed E-state index contributed by atoms with van der Waals surface area (Å²) in [7, 11) is 0. The summed E-state index contributed by atoms with van der Waals surface area (Å²) in [5.74, 6) is -0.429. The molecule has 1 aliphatic rings. The highest BCUT2D eigenvalue weighted by Crippen LogP contribution is 2.38. The van der Waals surface area contributed by atoms with Crippen LogP contribution in [0, 0.1) is 5.92 Å². The summed E-state index contributed by atoms with van der Waals surface area (Å²) >= 11 is 12.3. The number of anilines is 1. The number of carbonyl (C=O) groups is 1. The van der Waals surface area contributed by atoms with E-state index in [4.69, 9.17) is 23.2 Å². The van der Waals surface area contributed by atoms with Gasteiger partial charge in [0, 0.05) is 12.6 Å². The largest absolute Gasteiger partial charge is 0.481 e. The van der Waals surface area contributed by atoms with Crippen molar-refractivity contribution in [3.63, 3.8) is 0 Å². The van der Waals surface area contributed by atoms with Gasteiger partial charge in [0.15, 0.2) is 0 Å². The van der Waals surface area contributed by atoms with Crippen LogP contribution >= 0.6 is 23.2 Å². The van der Waals surface area contributed by atoms with Gasteiger partial charge in [-0.05, 0) is 49.1 Å². The normalized spacial score (nSPS) is 19.8. The Morgan fingerprint density at radius 2 is 2.00 bits per heavy atom. The van der Waals surface area contributed by atoms with Crippen LogP contribution in [0.15, 0.2) is 42.7 Å². The smallest absolute Gasteiger partial charge is 0.308 e. The van der Waals surface area contributed by atoms with Gasteiger partial charge in [-0.1, -0.05) is 41.4 Å². The molecule has 1 N–H and O–H groups in total. The summed E-state index contributed by atoms with van der Waals surface area (Å²) in [6.07, 6.45) is 3.02. The second-order valence-corrected chi connectivity index (χ2v) is 7.86. The number of carboxylic acids is 1. The van der Waals surface area contributed by atoms with E-state index < -0.39 is 11.9 Å². The molecule has 2 aromatic carbocycles. The quantitative estimate of drug-likeness (QED) is 0.628. The molecule has 28 heavy (non-hydrogen) atoms. The number of benzene rings is 2. The van der Waals surface area contributed by atoms with Gasteiger partial charge in [0.1, 0.15) is 12.1 Å². The maximum atomic E-state index is 11.7. The number of carboxylic acid groups (broad SMARTS) is 1. The van der Waals surface area contributed by atoms with Gasteiger partial charge in [-0.25, -0.2) is 9.97 Å². The minimum Gasteiger partial charge on any atom is -0.481 e. The minimum absolute atomic E-state index is 0.161. The zero-order chi connectivity index (χ0) is 19.8. The molecule has 1 aliphatic heterocycles. The second kappa shape index (κ2) is 7.57. The van der Waals surface area contributed by atoms with Crippen molar-refractivity contribution in [2.24, 2.45) is 5.92 Å². The summed E-state index contributed by atoms with van der Waals surface area (Å²) in [6.45, 7) is 2.71. The average molecular weight is 416 g/mol. The Morgan fingerprint density at radius 3 is 2.75 bits per heavy atom. The lowest BCUT2D eigenvalue weighted by Crippen LogP contribution is -2.46. The Kier molecular flexibility index (Phi) is 5.13. The van der Waals surface area contributed by atoms with Crippen LogP contribution in [0.2, 0.25) is 10.0 Å². The molecular weight excluding hydrogens is 397 g/mol. The van der Waals surface area contributed by atoms with Crippen molar-refractivity contribution in [1.29, 1.82) is 0 Å². The molecule has 1 fully saturated rings. The third kappa shape index (κ3) is 3.29. The fraction of sp³-hybridized carbons (Fsp3) is 0.286. The van der Waals surface area contributed by atoms with E-state index in [-0.39, 0.29) is 6.04 Å². The van der Waals surface area contributed by atoms with Crippen LogP contribution in [0.4, 0.5) is 5.82 Å². The van der Waals surface area contributed by atoms with Crippen LogP contribution in [0.25, 0.3) is 22.0 Å². The van der Waals surface area contributed by atoms with Crippen LogP contribution in [-0.2, 0) is 4.79 Å². The monoisotopic (exact) mass is 415 g/mol. The molecule has 2 heterocycles. The number of hydrogen-bond donors (Lipinski definition) is 1. The standard InChI is InChI=1S/C21H19Cl2N3O2/c1-12-14(21(27)28)5-3-9-26(12)20-19-15(4-2-6-18(19)24-11-25-20)13-7-8-16(22)17(23)10-13/h2,4,6-8,10-12,14H,3,5,9H2,1H3,(H,27,28). The SMILES string of the molecule is CC1C(C(=O)O)CCCN1c1ncnc2cccc(-c3ccc(Cl)c(Cl)c3)c12. The molecule has 0 spiro atoms. The van der Waals surface area contributed by atoms with Crippen molar-refractivity contribution in [2.75, 3.05) is 11.4 Å². The van der Waals surface area contributed by atoms with E-state index in [1.165, 1.54) is 6.33 Å². The maximum absolute atomic E-state index is 11.7. The predicted octanol–water partition coefficient (Wildman–Crippen LogP) is 5.29. The Labute approximate surface area is 172 Å².